The summed E-state index contributed by atoms with van der Waals surface area (Å²) in [5.74, 6) is 0. The monoisotopic (exact) mass is 258 g/mol. The highest BCUT2D eigenvalue weighted by atomic mass is 16.5. The van der Waals surface area contributed by atoms with Crippen LogP contribution in [-0.4, -0.2) is 60.5 Å². The second kappa shape index (κ2) is 7.43. The predicted molar refractivity (Wildman–Crippen MR) is 74.9 cm³/mol. The van der Waals surface area contributed by atoms with Gasteiger partial charge in [-0.2, -0.15) is 0 Å². The number of hydrogen-bond acceptors (Lipinski definition) is 4. The average Bonchev–Trinajstić information content (AvgIpc) is 2.53. The molecule has 1 heterocycles. The largest absolute Gasteiger partial charge is 0.394 e. The van der Waals surface area contributed by atoms with Crippen molar-refractivity contribution in [2.45, 2.75) is 58.2 Å². The van der Waals surface area contributed by atoms with Crippen LogP contribution < -0.4 is 5.32 Å². The van der Waals surface area contributed by atoms with E-state index >= 15 is 0 Å². The van der Waals surface area contributed by atoms with Gasteiger partial charge >= 0.3 is 0 Å². The van der Waals surface area contributed by atoms with Gasteiger partial charge in [-0.1, -0.05) is 20.8 Å². The minimum absolute atomic E-state index is 0.166. The van der Waals surface area contributed by atoms with Crippen LogP contribution in [0.1, 0.15) is 40.5 Å². The van der Waals surface area contributed by atoms with Crippen molar-refractivity contribution in [3.05, 3.63) is 0 Å². The molecule has 0 spiro atoms. The molecule has 4 nitrogen and oxygen atoms in total. The van der Waals surface area contributed by atoms with Crippen molar-refractivity contribution in [3.63, 3.8) is 0 Å². The molecule has 2 atom stereocenters. The Morgan fingerprint density at radius 1 is 1.50 bits per heavy atom. The number of aliphatic hydroxyl groups is 1. The van der Waals surface area contributed by atoms with E-state index in [9.17, 15) is 5.11 Å². The Bertz CT molecular complexity index is 236. The first kappa shape index (κ1) is 15.9. The third-order valence-corrected chi connectivity index (χ3v) is 3.45. The fourth-order valence-corrected chi connectivity index (χ4v) is 2.69. The van der Waals surface area contributed by atoms with Crippen molar-refractivity contribution in [2.75, 3.05) is 32.8 Å². The Morgan fingerprint density at radius 3 is 2.78 bits per heavy atom. The number of hydrogen-bond donors (Lipinski definition) is 2. The van der Waals surface area contributed by atoms with Gasteiger partial charge in [0, 0.05) is 32.3 Å². The van der Waals surface area contributed by atoms with Gasteiger partial charge < -0.3 is 15.2 Å². The summed E-state index contributed by atoms with van der Waals surface area (Å²) in [6, 6.07) is 0.382. The highest BCUT2D eigenvalue weighted by molar-refractivity contribution is 4.88. The van der Waals surface area contributed by atoms with Crippen LogP contribution in [0, 0.1) is 0 Å². The van der Waals surface area contributed by atoms with Crippen molar-refractivity contribution in [1.82, 2.24) is 10.2 Å². The molecule has 2 unspecified atom stereocenters. The van der Waals surface area contributed by atoms with Gasteiger partial charge in [-0.25, -0.2) is 0 Å². The van der Waals surface area contributed by atoms with Crippen LogP contribution in [-0.2, 0) is 4.74 Å². The molecule has 1 fully saturated rings. The maximum atomic E-state index is 9.64. The maximum Gasteiger partial charge on any atom is 0.0699 e. The molecule has 108 valence electrons. The first-order valence-electron chi connectivity index (χ1n) is 7.21. The van der Waals surface area contributed by atoms with Gasteiger partial charge in [0.2, 0.25) is 0 Å². The molecule has 0 amide bonds. The van der Waals surface area contributed by atoms with Crippen molar-refractivity contribution in [2.24, 2.45) is 0 Å². The Kier molecular flexibility index (Phi) is 6.57. The summed E-state index contributed by atoms with van der Waals surface area (Å²) in [5, 5.41) is 13.1. The summed E-state index contributed by atoms with van der Waals surface area (Å²) in [6.07, 6.45) is 2.48. The van der Waals surface area contributed by atoms with Gasteiger partial charge in [-0.3, -0.25) is 4.90 Å². The van der Waals surface area contributed by atoms with E-state index in [1.54, 1.807) is 0 Å². The summed E-state index contributed by atoms with van der Waals surface area (Å²) < 4.78 is 5.79. The summed E-state index contributed by atoms with van der Waals surface area (Å²) in [4.78, 5) is 2.42. The highest BCUT2D eigenvalue weighted by Crippen LogP contribution is 2.13. The summed E-state index contributed by atoms with van der Waals surface area (Å²) in [7, 11) is 0. The number of aliphatic hydroxyl groups excluding tert-OH is 1. The molecule has 18 heavy (non-hydrogen) atoms. The van der Waals surface area contributed by atoms with Crippen LogP contribution in [0.2, 0.25) is 0 Å². The van der Waals surface area contributed by atoms with E-state index < -0.39 is 0 Å². The smallest absolute Gasteiger partial charge is 0.0699 e. The van der Waals surface area contributed by atoms with E-state index in [1.807, 2.05) is 0 Å². The van der Waals surface area contributed by atoms with E-state index in [-0.39, 0.29) is 12.1 Å². The van der Waals surface area contributed by atoms with Gasteiger partial charge in [0.15, 0.2) is 0 Å². The minimum Gasteiger partial charge on any atom is -0.394 e. The molecule has 1 saturated heterocycles. The molecule has 0 aromatic heterocycles. The normalized spacial score (nSPS) is 26.0. The topological polar surface area (TPSA) is 44.7 Å². The number of nitrogens with one attached hydrogen (secondary N) is 1. The van der Waals surface area contributed by atoms with E-state index in [2.05, 4.69) is 37.9 Å². The van der Waals surface area contributed by atoms with Crippen LogP contribution in [0.5, 0.6) is 0 Å². The summed E-state index contributed by atoms with van der Waals surface area (Å²) in [6.45, 7) is 12.5. The maximum absolute atomic E-state index is 9.64. The molecule has 0 radical (unpaired) electrons. The lowest BCUT2D eigenvalue weighted by Crippen LogP contribution is -2.56. The molecule has 0 saturated carbocycles. The van der Waals surface area contributed by atoms with Crippen LogP contribution in [0.4, 0.5) is 0 Å². The van der Waals surface area contributed by atoms with Crippen molar-refractivity contribution in [1.29, 1.82) is 0 Å². The predicted octanol–water partition coefficient (Wildman–Crippen LogP) is 1.24. The van der Waals surface area contributed by atoms with E-state index in [0.717, 1.165) is 39.1 Å². The third-order valence-electron chi connectivity index (χ3n) is 3.45. The SMILES string of the molecule is CCC1CN(CC(C)(CO)NC(C)C)CCCO1. The highest BCUT2D eigenvalue weighted by Gasteiger charge is 2.28. The molecule has 0 aromatic carbocycles. The molecule has 0 bridgehead atoms. The lowest BCUT2D eigenvalue weighted by atomic mass is 10.0. The second-order valence-electron chi connectivity index (χ2n) is 6.01. The summed E-state index contributed by atoms with van der Waals surface area (Å²) >= 11 is 0. The van der Waals surface area contributed by atoms with Gasteiger partial charge in [-0.15, -0.1) is 0 Å². The molecule has 1 rings (SSSR count). The molecule has 1 aliphatic rings. The minimum atomic E-state index is -0.225. The van der Waals surface area contributed by atoms with E-state index in [1.165, 1.54) is 0 Å². The van der Waals surface area contributed by atoms with Gasteiger partial charge in [0.1, 0.15) is 0 Å². The molecular weight excluding hydrogens is 228 g/mol. The zero-order chi connectivity index (χ0) is 13.6. The number of nitrogens with zero attached hydrogens (tertiary/aromatic N) is 1. The van der Waals surface area contributed by atoms with Crippen LogP contribution in [0.25, 0.3) is 0 Å². The molecular formula is C14H30N2O2. The molecule has 1 aliphatic heterocycles. The summed E-state index contributed by atoms with van der Waals surface area (Å²) in [5.41, 5.74) is -0.225. The fourth-order valence-electron chi connectivity index (χ4n) is 2.69. The molecule has 2 N–H and O–H groups in total. The molecule has 0 aliphatic carbocycles. The van der Waals surface area contributed by atoms with Crippen LogP contribution in [0.15, 0.2) is 0 Å². The molecule has 4 heteroatoms. The first-order valence-corrected chi connectivity index (χ1v) is 7.21. The zero-order valence-electron chi connectivity index (χ0n) is 12.4. The zero-order valence-corrected chi connectivity index (χ0v) is 12.4. The quantitative estimate of drug-likeness (QED) is 0.752. The lowest BCUT2D eigenvalue weighted by molar-refractivity contribution is 0.0434. The Morgan fingerprint density at radius 2 is 2.22 bits per heavy atom. The number of rotatable bonds is 6. The van der Waals surface area contributed by atoms with Crippen molar-refractivity contribution in [3.8, 4) is 0 Å². The van der Waals surface area contributed by atoms with Crippen molar-refractivity contribution >= 4 is 0 Å². The lowest BCUT2D eigenvalue weighted by Gasteiger charge is -2.36. The van der Waals surface area contributed by atoms with Crippen LogP contribution >= 0.6 is 0 Å². The Balaban J connectivity index is 2.56. The molecule has 0 aromatic rings. The second-order valence-corrected chi connectivity index (χ2v) is 6.01. The number of ether oxygens (including phenoxy) is 1. The van der Waals surface area contributed by atoms with Gasteiger partial charge in [0.25, 0.3) is 0 Å². The Hall–Kier alpha value is -0.160. The van der Waals surface area contributed by atoms with Gasteiger partial charge in [0.05, 0.1) is 18.2 Å². The average molecular weight is 258 g/mol. The fraction of sp³-hybridized carbons (Fsp3) is 1.00. The van der Waals surface area contributed by atoms with Crippen molar-refractivity contribution < 1.29 is 9.84 Å². The van der Waals surface area contributed by atoms with Gasteiger partial charge in [-0.05, 0) is 19.8 Å². The van der Waals surface area contributed by atoms with E-state index in [0.29, 0.717) is 12.1 Å². The third kappa shape index (κ3) is 5.22. The van der Waals surface area contributed by atoms with Crippen LogP contribution in [0.3, 0.4) is 0 Å². The Labute approximate surface area is 112 Å². The standard InChI is InChI=1S/C14H30N2O2/c1-5-13-9-16(7-6-8-18-13)10-14(4,11-17)15-12(2)3/h12-13,15,17H,5-11H2,1-4H3. The van der Waals surface area contributed by atoms with E-state index in [4.69, 9.17) is 4.74 Å². The first-order chi connectivity index (χ1) is 8.49.